The van der Waals surface area contributed by atoms with Crippen molar-refractivity contribution < 1.29 is 9.72 Å². The minimum atomic E-state index is -0.395. The average Bonchev–Trinajstić information content (AvgIpc) is 2.81. The standard InChI is InChI=1S/C12H19N3O3S/c1-9(2)7-14-11(16)5-6-13-8-10-3-4-12(19-10)15(17)18/h3-4,9,13H,5-8H2,1-2H3,(H,14,16). The summed E-state index contributed by atoms with van der Waals surface area (Å²) < 4.78 is 0. The average molecular weight is 285 g/mol. The molecule has 0 saturated carbocycles. The maximum atomic E-state index is 11.4. The minimum absolute atomic E-state index is 0.0263. The van der Waals surface area contributed by atoms with Crippen molar-refractivity contribution >= 4 is 22.2 Å². The first-order valence-electron chi connectivity index (χ1n) is 6.19. The number of nitrogens with zero attached hydrogens (tertiary/aromatic N) is 1. The van der Waals surface area contributed by atoms with Crippen LogP contribution in [0, 0.1) is 16.0 Å². The zero-order chi connectivity index (χ0) is 14.3. The number of nitrogens with one attached hydrogen (secondary N) is 2. The third kappa shape index (κ3) is 6.30. The molecule has 7 heteroatoms. The van der Waals surface area contributed by atoms with Crippen LogP contribution in [0.15, 0.2) is 12.1 Å². The van der Waals surface area contributed by atoms with Crippen LogP contribution in [0.2, 0.25) is 0 Å². The molecule has 0 fully saturated rings. The normalized spacial score (nSPS) is 10.7. The van der Waals surface area contributed by atoms with Gasteiger partial charge in [0.15, 0.2) is 0 Å². The van der Waals surface area contributed by atoms with Gasteiger partial charge in [0, 0.05) is 37.0 Å². The molecule has 0 aliphatic carbocycles. The van der Waals surface area contributed by atoms with E-state index in [1.807, 2.05) is 13.8 Å². The van der Waals surface area contributed by atoms with Gasteiger partial charge in [-0.2, -0.15) is 0 Å². The Hall–Kier alpha value is -1.47. The molecule has 106 valence electrons. The first-order valence-corrected chi connectivity index (χ1v) is 7.01. The molecule has 0 saturated heterocycles. The summed E-state index contributed by atoms with van der Waals surface area (Å²) in [4.78, 5) is 22.4. The fourth-order valence-corrected chi connectivity index (χ4v) is 2.17. The fourth-order valence-electron chi connectivity index (χ4n) is 1.38. The van der Waals surface area contributed by atoms with E-state index in [0.717, 1.165) is 16.2 Å². The van der Waals surface area contributed by atoms with E-state index in [4.69, 9.17) is 0 Å². The molecule has 1 rings (SSSR count). The van der Waals surface area contributed by atoms with Gasteiger partial charge in [0.2, 0.25) is 5.91 Å². The van der Waals surface area contributed by atoms with Crippen molar-refractivity contribution in [2.45, 2.75) is 26.8 Å². The van der Waals surface area contributed by atoms with Gasteiger partial charge in [-0.15, -0.1) is 0 Å². The van der Waals surface area contributed by atoms with Crippen LogP contribution in [0.1, 0.15) is 25.1 Å². The summed E-state index contributed by atoms with van der Waals surface area (Å²) in [6.45, 7) is 5.89. The van der Waals surface area contributed by atoms with Gasteiger partial charge in [0.05, 0.1) is 4.92 Å². The number of amides is 1. The summed E-state index contributed by atoms with van der Waals surface area (Å²) in [5, 5.41) is 16.6. The number of hydrogen-bond acceptors (Lipinski definition) is 5. The summed E-state index contributed by atoms with van der Waals surface area (Å²) in [6.07, 6.45) is 0.417. The largest absolute Gasteiger partial charge is 0.356 e. The van der Waals surface area contributed by atoms with E-state index < -0.39 is 4.92 Å². The first-order chi connectivity index (χ1) is 8.99. The molecule has 0 radical (unpaired) electrons. The summed E-state index contributed by atoms with van der Waals surface area (Å²) in [5.41, 5.74) is 0. The van der Waals surface area contributed by atoms with Crippen LogP contribution in [-0.4, -0.2) is 23.9 Å². The molecule has 0 aliphatic heterocycles. The van der Waals surface area contributed by atoms with E-state index in [1.54, 1.807) is 6.07 Å². The number of carbonyl (C=O) groups excluding carboxylic acids is 1. The second kappa shape index (κ2) is 7.85. The summed E-state index contributed by atoms with van der Waals surface area (Å²) >= 11 is 1.15. The van der Waals surface area contributed by atoms with Crippen LogP contribution in [0.4, 0.5) is 5.00 Å². The van der Waals surface area contributed by atoms with Crippen molar-refractivity contribution in [3.05, 3.63) is 27.1 Å². The highest BCUT2D eigenvalue weighted by molar-refractivity contribution is 7.15. The molecule has 0 aliphatic rings. The molecule has 1 amide bonds. The third-order valence-corrected chi connectivity index (χ3v) is 3.40. The summed E-state index contributed by atoms with van der Waals surface area (Å²) in [7, 11) is 0. The predicted octanol–water partition coefficient (Wildman–Crippen LogP) is 1.91. The van der Waals surface area contributed by atoms with Gasteiger partial charge in [-0.25, -0.2) is 0 Å². The van der Waals surface area contributed by atoms with E-state index in [-0.39, 0.29) is 10.9 Å². The Morgan fingerprint density at radius 3 is 2.79 bits per heavy atom. The van der Waals surface area contributed by atoms with Crippen LogP contribution >= 0.6 is 11.3 Å². The van der Waals surface area contributed by atoms with E-state index in [9.17, 15) is 14.9 Å². The first kappa shape index (κ1) is 15.6. The highest BCUT2D eigenvalue weighted by Crippen LogP contribution is 2.23. The number of thiophene rings is 1. The maximum Gasteiger partial charge on any atom is 0.324 e. The van der Waals surface area contributed by atoms with Gasteiger partial charge >= 0.3 is 5.00 Å². The molecule has 0 unspecified atom stereocenters. The molecule has 0 aromatic carbocycles. The molecule has 0 bridgehead atoms. The second-order valence-electron chi connectivity index (χ2n) is 4.62. The van der Waals surface area contributed by atoms with Gasteiger partial charge in [-0.05, 0) is 12.0 Å². The van der Waals surface area contributed by atoms with Crippen molar-refractivity contribution in [3.63, 3.8) is 0 Å². The van der Waals surface area contributed by atoms with E-state index >= 15 is 0 Å². The Morgan fingerprint density at radius 1 is 1.47 bits per heavy atom. The maximum absolute atomic E-state index is 11.4. The fraction of sp³-hybridized carbons (Fsp3) is 0.583. The van der Waals surface area contributed by atoms with Gasteiger partial charge in [0.25, 0.3) is 0 Å². The Labute approximate surface area is 116 Å². The lowest BCUT2D eigenvalue weighted by atomic mass is 10.2. The molecular weight excluding hydrogens is 266 g/mol. The molecular formula is C12H19N3O3S. The SMILES string of the molecule is CC(C)CNC(=O)CCNCc1ccc([N+](=O)[O-])s1. The molecule has 2 N–H and O–H groups in total. The Balaban J connectivity index is 2.16. The lowest BCUT2D eigenvalue weighted by Gasteiger charge is -2.07. The monoisotopic (exact) mass is 285 g/mol. The highest BCUT2D eigenvalue weighted by Gasteiger charge is 2.09. The predicted molar refractivity (Wildman–Crippen MR) is 75.1 cm³/mol. The highest BCUT2D eigenvalue weighted by atomic mass is 32.1. The Bertz CT molecular complexity index is 432. The van der Waals surface area contributed by atoms with Crippen molar-refractivity contribution in [1.29, 1.82) is 0 Å². The molecule has 1 aromatic heterocycles. The van der Waals surface area contributed by atoms with Crippen molar-refractivity contribution in [3.8, 4) is 0 Å². The zero-order valence-corrected chi connectivity index (χ0v) is 12.0. The van der Waals surface area contributed by atoms with E-state index in [0.29, 0.717) is 32.0 Å². The van der Waals surface area contributed by atoms with Crippen LogP contribution < -0.4 is 10.6 Å². The molecule has 19 heavy (non-hydrogen) atoms. The molecule has 1 heterocycles. The van der Waals surface area contributed by atoms with Gasteiger partial charge < -0.3 is 10.6 Å². The van der Waals surface area contributed by atoms with Crippen LogP contribution in [0.25, 0.3) is 0 Å². The van der Waals surface area contributed by atoms with Gasteiger partial charge in [-0.3, -0.25) is 14.9 Å². The number of carbonyl (C=O) groups is 1. The van der Waals surface area contributed by atoms with Crippen LogP contribution in [-0.2, 0) is 11.3 Å². The third-order valence-electron chi connectivity index (χ3n) is 2.36. The van der Waals surface area contributed by atoms with Gasteiger partial charge in [0.1, 0.15) is 0 Å². The molecule has 0 atom stereocenters. The summed E-state index contributed by atoms with van der Waals surface area (Å²) in [5.74, 6) is 0.474. The molecule has 1 aromatic rings. The van der Waals surface area contributed by atoms with Crippen molar-refractivity contribution in [1.82, 2.24) is 10.6 Å². The van der Waals surface area contributed by atoms with Gasteiger partial charge in [-0.1, -0.05) is 25.2 Å². The number of nitro groups is 1. The van der Waals surface area contributed by atoms with Crippen LogP contribution in [0.3, 0.4) is 0 Å². The second-order valence-corrected chi connectivity index (χ2v) is 5.77. The topological polar surface area (TPSA) is 84.3 Å². The Morgan fingerprint density at radius 2 is 2.21 bits per heavy atom. The lowest BCUT2D eigenvalue weighted by Crippen LogP contribution is -2.30. The van der Waals surface area contributed by atoms with Crippen molar-refractivity contribution in [2.75, 3.05) is 13.1 Å². The Kier molecular flexibility index (Phi) is 6.44. The lowest BCUT2D eigenvalue weighted by molar-refractivity contribution is -0.380. The smallest absolute Gasteiger partial charge is 0.324 e. The minimum Gasteiger partial charge on any atom is -0.356 e. The molecule has 6 nitrogen and oxygen atoms in total. The zero-order valence-electron chi connectivity index (χ0n) is 11.1. The quantitative estimate of drug-likeness (QED) is 0.434. The number of rotatable bonds is 8. The van der Waals surface area contributed by atoms with Crippen molar-refractivity contribution in [2.24, 2.45) is 5.92 Å². The van der Waals surface area contributed by atoms with E-state index in [2.05, 4.69) is 10.6 Å². The number of hydrogen-bond donors (Lipinski definition) is 2. The van der Waals surface area contributed by atoms with E-state index in [1.165, 1.54) is 6.07 Å². The molecule has 0 spiro atoms. The van der Waals surface area contributed by atoms with Crippen LogP contribution in [0.5, 0.6) is 0 Å². The summed E-state index contributed by atoms with van der Waals surface area (Å²) in [6, 6.07) is 3.23.